The Morgan fingerprint density at radius 3 is 2.34 bits per heavy atom. The van der Waals surface area contributed by atoms with E-state index in [1.165, 1.54) is 5.56 Å². The second kappa shape index (κ2) is 8.30. The Hall–Kier alpha value is -3.93. The van der Waals surface area contributed by atoms with Crippen molar-refractivity contribution in [3.8, 4) is 17.0 Å². The number of benzene rings is 2. The smallest absolute Gasteiger partial charge is 0.273 e. The lowest BCUT2D eigenvalue weighted by molar-refractivity contribution is 0.0730. The molecule has 1 aliphatic rings. The van der Waals surface area contributed by atoms with Crippen LogP contribution in [0.2, 0.25) is 0 Å². The second-order valence-corrected chi connectivity index (χ2v) is 7.88. The average molecular weight is 425 g/mol. The van der Waals surface area contributed by atoms with Crippen LogP contribution in [0, 0.1) is 0 Å². The summed E-state index contributed by atoms with van der Waals surface area (Å²) in [7, 11) is 1.65. The van der Waals surface area contributed by atoms with Crippen LogP contribution in [0.5, 0.6) is 5.75 Å². The number of hydrogen-bond acceptors (Lipinski definition) is 4. The molecule has 160 valence electrons. The molecule has 3 heterocycles. The molecule has 4 aromatic rings. The van der Waals surface area contributed by atoms with Crippen LogP contribution >= 0.6 is 0 Å². The maximum absolute atomic E-state index is 13.5. The Morgan fingerprint density at radius 1 is 0.969 bits per heavy atom. The highest BCUT2D eigenvalue weighted by molar-refractivity contribution is 6.00. The number of pyridine rings is 1. The Morgan fingerprint density at radius 2 is 1.69 bits per heavy atom. The van der Waals surface area contributed by atoms with Gasteiger partial charge in [0, 0.05) is 30.1 Å². The summed E-state index contributed by atoms with van der Waals surface area (Å²) in [5.41, 5.74) is 6.57. The van der Waals surface area contributed by atoms with Crippen molar-refractivity contribution < 1.29 is 9.53 Å². The molecular weight excluding hydrogens is 400 g/mol. The maximum Gasteiger partial charge on any atom is 0.273 e. The van der Waals surface area contributed by atoms with E-state index in [9.17, 15) is 4.79 Å². The maximum atomic E-state index is 13.5. The van der Waals surface area contributed by atoms with Gasteiger partial charge in [-0.15, -0.1) is 0 Å². The Balaban J connectivity index is 1.62. The largest absolute Gasteiger partial charge is 0.497 e. The molecule has 0 fully saturated rings. The molecule has 2 aromatic carbocycles. The minimum absolute atomic E-state index is 0.0476. The zero-order valence-electron chi connectivity index (χ0n) is 18.1. The van der Waals surface area contributed by atoms with Gasteiger partial charge in [0.15, 0.2) is 0 Å². The lowest BCUT2D eigenvalue weighted by atomic mass is 9.95. The van der Waals surface area contributed by atoms with Crippen LogP contribution in [-0.4, -0.2) is 33.1 Å². The topological polar surface area (TPSA) is 71.1 Å². The van der Waals surface area contributed by atoms with E-state index in [1.54, 1.807) is 19.5 Å². The first-order valence-corrected chi connectivity index (χ1v) is 10.7. The summed E-state index contributed by atoms with van der Waals surface area (Å²) in [6, 6.07) is 19.9. The first-order chi connectivity index (χ1) is 15.7. The predicted molar refractivity (Wildman–Crippen MR) is 122 cm³/mol. The number of amides is 1. The Kier molecular flexibility index (Phi) is 5.19. The number of methoxy groups -OCH3 is 1. The molecule has 5 rings (SSSR count). The highest BCUT2D eigenvalue weighted by Gasteiger charge is 2.42. The number of hydrogen-bond donors (Lipinski definition) is 1. The van der Waals surface area contributed by atoms with E-state index >= 15 is 0 Å². The summed E-state index contributed by atoms with van der Waals surface area (Å²) < 4.78 is 5.30. The normalized spacial score (nSPS) is 15.1. The van der Waals surface area contributed by atoms with E-state index in [-0.39, 0.29) is 11.9 Å². The van der Waals surface area contributed by atoms with E-state index in [1.807, 2.05) is 41.3 Å². The van der Waals surface area contributed by atoms with Crippen LogP contribution in [0.3, 0.4) is 0 Å². The van der Waals surface area contributed by atoms with Gasteiger partial charge in [-0.1, -0.05) is 31.2 Å². The molecule has 0 radical (unpaired) electrons. The number of aromatic nitrogens is 3. The Labute approximate surface area is 186 Å². The van der Waals surface area contributed by atoms with Crippen molar-refractivity contribution in [3.63, 3.8) is 0 Å². The van der Waals surface area contributed by atoms with Gasteiger partial charge >= 0.3 is 0 Å². The van der Waals surface area contributed by atoms with Gasteiger partial charge in [-0.05, 0) is 59.5 Å². The summed E-state index contributed by atoms with van der Waals surface area (Å²) in [6.07, 6.45) is 4.48. The number of aryl methyl sites for hydroxylation is 1. The van der Waals surface area contributed by atoms with Gasteiger partial charge in [-0.3, -0.25) is 14.9 Å². The third-order valence-corrected chi connectivity index (χ3v) is 6.03. The first-order valence-electron chi connectivity index (χ1n) is 10.7. The lowest BCUT2D eigenvalue weighted by Crippen LogP contribution is -2.29. The molecule has 0 saturated heterocycles. The van der Waals surface area contributed by atoms with E-state index in [4.69, 9.17) is 4.74 Å². The van der Waals surface area contributed by atoms with Crippen molar-refractivity contribution >= 4 is 5.91 Å². The number of nitrogens with zero attached hydrogens (tertiary/aromatic N) is 3. The molecule has 6 heteroatoms. The number of fused-ring (bicyclic) bond motifs is 1. The van der Waals surface area contributed by atoms with Crippen LogP contribution in [0.15, 0.2) is 73.1 Å². The van der Waals surface area contributed by atoms with Crippen molar-refractivity contribution in [3.05, 3.63) is 101 Å². The fraction of sp³-hybridized carbons (Fsp3) is 0.192. The van der Waals surface area contributed by atoms with Crippen molar-refractivity contribution in [1.29, 1.82) is 0 Å². The molecule has 0 spiro atoms. The van der Waals surface area contributed by atoms with Crippen molar-refractivity contribution in [2.24, 2.45) is 0 Å². The third-order valence-electron chi connectivity index (χ3n) is 6.03. The van der Waals surface area contributed by atoms with Crippen LogP contribution in [0.1, 0.15) is 45.7 Å². The predicted octanol–water partition coefficient (Wildman–Crippen LogP) is 4.79. The summed E-state index contributed by atoms with van der Waals surface area (Å²) >= 11 is 0. The fourth-order valence-corrected chi connectivity index (χ4v) is 4.30. The van der Waals surface area contributed by atoms with E-state index < -0.39 is 0 Å². The van der Waals surface area contributed by atoms with Gasteiger partial charge in [-0.25, -0.2) is 0 Å². The lowest BCUT2D eigenvalue weighted by Gasteiger charge is -2.26. The number of rotatable bonds is 6. The number of carbonyl (C=O) groups excluding carboxylic acids is 1. The SMILES string of the molecule is CCc1ccc(C2c3c(-c4ccc(OC)cc4)n[nH]c3C(=O)N2Cc2ccncc2)cc1. The summed E-state index contributed by atoms with van der Waals surface area (Å²) in [5.74, 6) is 0.733. The van der Waals surface area contributed by atoms with Gasteiger partial charge in [0.05, 0.1) is 18.8 Å². The highest BCUT2D eigenvalue weighted by Crippen LogP contribution is 2.43. The number of aromatic amines is 1. The van der Waals surface area contributed by atoms with Gasteiger partial charge in [-0.2, -0.15) is 5.10 Å². The standard InChI is InChI=1S/C26H24N4O2/c1-3-17-4-6-20(7-5-17)25-22-23(19-8-10-21(32-2)11-9-19)28-29-24(22)26(31)30(25)16-18-12-14-27-15-13-18/h4-15,25H,3,16H2,1-2H3,(H,28,29). The monoisotopic (exact) mass is 424 g/mol. The van der Waals surface area contributed by atoms with E-state index in [0.717, 1.165) is 40.1 Å². The van der Waals surface area contributed by atoms with Gasteiger partial charge in [0.2, 0.25) is 0 Å². The molecule has 1 N–H and O–H groups in total. The van der Waals surface area contributed by atoms with E-state index in [2.05, 4.69) is 46.4 Å². The average Bonchev–Trinajstić information content (AvgIpc) is 3.39. The second-order valence-electron chi connectivity index (χ2n) is 7.88. The molecule has 0 bridgehead atoms. The van der Waals surface area contributed by atoms with Crippen LogP contribution < -0.4 is 4.74 Å². The molecule has 0 saturated carbocycles. The van der Waals surface area contributed by atoms with E-state index in [0.29, 0.717) is 12.2 Å². The molecule has 2 aromatic heterocycles. The molecular formula is C26H24N4O2. The van der Waals surface area contributed by atoms with Gasteiger partial charge in [0.1, 0.15) is 11.4 Å². The molecule has 0 aliphatic carbocycles. The summed E-state index contributed by atoms with van der Waals surface area (Å²) in [5, 5.41) is 7.56. The van der Waals surface area contributed by atoms with Crippen LogP contribution in [0.25, 0.3) is 11.3 Å². The third kappa shape index (κ3) is 3.43. The zero-order chi connectivity index (χ0) is 22.1. The number of H-pyrrole nitrogens is 1. The molecule has 1 unspecified atom stereocenters. The first kappa shape index (κ1) is 20.0. The highest BCUT2D eigenvalue weighted by atomic mass is 16.5. The summed E-state index contributed by atoms with van der Waals surface area (Å²) in [4.78, 5) is 19.5. The molecule has 1 atom stereocenters. The zero-order valence-corrected chi connectivity index (χ0v) is 18.1. The van der Waals surface area contributed by atoms with Crippen molar-refractivity contribution in [2.45, 2.75) is 25.9 Å². The number of nitrogens with one attached hydrogen (secondary N) is 1. The van der Waals surface area contributed by atoms with Crippen molar-refractivity contribution in [2.75, 3.05) is 7.11 Å². The fourth-order valence-electron chi connectivity index (χ4n) is 4.30. The molecule has 6 nitrogen and oxygen atoms in total. The van der Waals surface area contributed by atoms with Crippen LogP contribution in [-0.2, 0) is 13.0 Å². The summed E-state index contributed by atoms with van der Waals surface area (Å²) in [6.45, 7) is 2.63. The minimum atomic E-state index is -0.229. The van der Waals surface area contributed by atoms with Gasteiger partial charge < -0.3 is 9.64 Å². The van der Waals surface area contributed by atoms with Crippen molar-refractivity contribution in [1.82, 2.24) is 20.1 Å². The number of carbonyl (C=O) groups is 1. The minimum Gasteiger partial charge on any atom is -0.497 e. The quantitative estimate of drug-likeness (QED) is 0.483. The Bertz CT molecular complexity index is 1230. The molecule has 1 aliphatic heterocycles. The molecule has 1 amide bonds. The number of ether oxygens (including phenoxy) is 1. The molecule has 32 heavy (non-hydrogen) atoms. The van der Waals surface area contributed by atoms with Gasteiger partial charge in [0.25, 0.3) is 5.91 Å². The van der Waals surface area contributed by atoms with Crippen LogP contribution in [0.4, 0.5) is 0 Å².